The predicted molar refractivity (Wildman–Crippen MR) is 94.6 cm³/mol. The summed E-state index contributed by atoms with van der Waals surface area (Å²) in [6, 6.07) is 20.5. The monoisotopic (exact) mass is 322 g/mol. The van der Waals surface area contributed by atoms with Crippen LogP contribution >= 0.6 is 11.3 Å². The summed E-state index contributed by atoms with van der Waals surface area (Å²) in [6.45, 7) is 4.14. The average molecular weight is 322 g/mol. The van der Waals surface area contributed by atoms with Crippen molar-refractivity contribution < 1.29 is 9.90 Å². The number of carboxylic acids is 1. The molecule has 0 unspecified atom stereocenters. The van der Waals surface area contributed by atoms with Gasteiger partial charge in [0, 0.05) is 10.8 Å². The zero-order chi connectivity index (χ0) is 16.4. The van der Waals surface area contributed by atoms with Gasteiger partial charge < -0.3 is 5.11 Å². The molecule has 0 spiro atoms. The van der Waals surface area contributed by atoms with Gasteiger partial charge in [0.15, 0.2) is 0 Å². The van der Waals surface area contributed by atoms with Crippen molar-refractivity contribution in [3.05, 3.63) is 92.7 Å². The van der Waals surface area contributed by atoms with Gasteiger partial charge in [0.05, 0.1) is 0 Å². The van der Waals surface area contributed by atoms with Crippen molar-refractivity contribution in [2.75, 3.05) is 0 Å². The third-order valence-electron chi connectivity index (χ3n) is 3.94. The zero-order valence-corrected chi connectivity index (χ0v) is 13.9. The van der Waals surface area contributed by atoms with Gasteiger partial charge in [-0.1, -0.05) is 59.7 Å². The van der Waals surface area contributed by atoms with E-state index in [0.29, 0.717) is 4.88 Å². The van der Waals surface area contributed by atoms with E-state index in [0.717, 1.165) is 4.88 Å². The first kappa shape index (κ1) is 15.5. The molecule has 3 heteroatoms. The summed E-state index contributed by atoms with van der Waals surface area (Å²) in [6.07, 6.45) is 0. The molecule has 0 fully saturated rings. The number of benzene rings is 2. The summed E-state index contributed by atoms with van der Waals surface area (Å²) in [4.78, 5) is 12.6. The van der Waals surface area contributed by atoms with E-state index >= 15 is 0 Å². The van der Waals surface area contributed by atoms with Crippen LogP contribution in [-0.2, 0) is 0 Å². The van der Waals surface area contributed by atoms with Gasteiger partial charge >= 0.3 is 5.97 Å². The third-order valence-corrected chi connectivity index (χ3v) is 5.08. The second-order valence-corrected chi connectivity index (χ2v) is 6.88. The Morgan fingerprint density at radius 2 is 1.30 bits per heavy atom. The molecule has 1 aromatic heterocycles. The van der Waals surface area contributed by atoms with Gasteiger partial charge in [-0.15, -0.1) is 11.3 Å². The summed E-state index contributed by atoms with van der Waals surface area (Å²) < 4.78 is 0. The molecule has 2 aromatic carbocycles. The van der Waals surface area contributed by atoms with Crippen molar-refractivity contribution in [3.63, 3.8) is 0 Å². The summed E-state index contributed by atoms with van der Waals surface area (Å²) in [5, 5.41) is 9.20. The maximum absolute atomic E-state index is 11.2. The Morgan fingerprint density at radius 1 is 0.826 bits per heavy atom. The number of carboxylic acid groups (broad SMARTS) is 1. The van der Waals surface area contributed by atoms with Gasteiger partial charge in [0.1, 0.15) is 4.88 Å². The SMILES string of the molecule is Cc1ccc(C(c2ccc(C)cc2)c2ccc(C(=O)O)s2)cc1. The fraction of sp³-hybridized carbons (Fsp3) is 0.150. The normalized spacial score (nSPS) is 10.9. The number of thiophene rings is 1. The van der Waals surface area contributed by atoms with Crippen LogP contribution in [0.2, 0.25) is 0 Å². The molecule has 0 aliphatic carbocycles. The molecule has 0 aliphatic rings. The molecule has 23 heavy (non-hydrogen) atoms. The summed E-state index contributed by atoms with van der Waals surface area (Å²) in [5.74, 6) is -0.804. The fourth-order valence-electron chi connectivity index (χ4n) is 2.66. The number of aromatic carboxylic acids is 1. The van der Waals surface area contributed by atoms with Crippen LogP contribution in [0, 0.1) is 13.8 Å². The first-order chi connectivity index (χ1) is 11.0. The summed E-state index contributed by atoms with van der Waals surface area (Å²) >= 11 is 1.35. The number of hydrogen-bond acceptors (Lipinski definition) is 2. The molecule has 3 aromatic rings. The van der Waals surface area contributed by atoms with Crippen LogP contribution < -0.4 is 0 Å². The van der Waals surface area contributed by atoms with Crippen LogP contribution in [-0.4, -0.2) is 11.1 Å². The van der Waals surface area contributed by atoms with Crippen molar-refractivity contribution in [1.29, 1.82) is 0 Å². The van der Waals surface area contributed by atoms with Crippen LogP contribution in [0.15, 0.2) is 60.7 Å². The molecule has 2 nitrogen and oxygen atoms in total. The maximum atomic E-state index is 11.2. The Bertz CT molecular complexity index is 768. The molecule has 0 atom stereocenters. The Labute approximate surface area is 140 Å². The standard InChI is InChI=1S/C20H18O2S/c1-13-3-7-15(8-4-13)19(16-9-5-14(2)6-10-16)17-11-12-18(23-17)20(21)22/h3-12,19H,1-2H3,(H,21,22). The largest absolute Gasteiger partial charge is 0.477 e. The van der Waals surface area contributed by atoms with E-state index in [4.69, 9.17) is 0 Å². The second-order valence-electron chi connectivity index (χ2n) is 5.76. The van der Waals surface area contributed by atoms with E-state index < -0.39 is 5.97 Å². The van der Waals surface area contributed by atoms with E-state index in [1.807, 2.05) is 6.07 Å². The van der Waals surface area contributed by atoms with Gasteiger partial charge in [-0.3, -0.25) is 0 Å². The average Bonchev–Trinajstić information content (AvgIpc) is 3.01. The molecule has 1 N–H and O–H groups in total. The van der Waals surface area contributed by atoms with Crippen LogP contribution in [0.5, 0.6) is 0 Å². The molecule has 0 bridgehead atoms. The van der Waals surface area contributed by atoms with E-state index in [1.165, 1.54) is 33.6 Å². The molecule has 116 valence electrons. The first-order valence-corrected chi connectivity index (χ1v) is 8.32. The van der Waals surface area contributed by atoms with E-state index in [-0.39, 0.29) is 5.92 Å². The minimum Gasteiger partial charge on any atom is -0.477 e. The van der Waals surface area contributed by atoms with Crippen molar-refractivity contribution in [2.24, 2.45) is 0 Å². The first-order valence-electron chi connectivity index (χ1n) is 7.51. The van der Waals surface area contributed by atoms with Crippen LogP contribution in [0.4, 0.5) is 0 Å². The van der Waals surface area contributed by atoms with E-state index in [9.17, 15) is 9.90 Å². The zero-order valence-electron chi connectivity index (χ0n) is 13.1. The minimum atomic E-state index is -0.868. The van der Waals surface area contributed by atoms with Crippen molar-refractivity contribution in [3.8, 4) is 0 Å². The molecular weight excluding hydrogens is 304 g/mol. The van der Waals surface area contributed by atoms with Gasteiger partial charge in [-0.2, -0.15) is 0 Å². The minimum absolute atomic E-state index is 0.0642. The highest BCUT2D eigenvalue weighted by Gasteiger charge is 2.20. The molecule has 0 radical (unpaired) electrons. The number of carbonyl (C=O) groups is 1. The summed E-state index contributed by atoms with van der Waals surface area (Å²) in [7, 11) is 0. The van der Waals surface area contributed by atoms with E-state index in [1.54, 1.807) is 6.07 Å². The molecule has 0 aliphatic heterocycles. The van der Waals surface area contributed by atoms with Gasteiger partial charge in [-0.25, -0.2) is 4.79 Å². The van der Waals surface area contributed by atoms with Crippen molar-refractivity contribution in [2.45, 2.75) is 19.8 Å². The highest BCUT2D eigenvalue weighted by molar-refractivity contribution is 7.14. The highest BCUT2D eigenvalue weighted by Crippen LogP contribution is 2.36. The van der Waals surface area contributed by atoms with Gasteiger partial charge in [-0.05, 0) is 37.1 Å². The van der Waals surface area contributed by atoms with E-state index in [2.05, 4.69) is 62.4 Å². The third kappa shape index (κ3) is 3.35. The lowest BCUT2D eigenvalue weighted by Crippen LogP contribution is -2.01. The lowest BCUT2D eigenvalue weighted by atomic mass is 9.89. The lowest BCUT2D eigenvalue weighted by Gasteiger charge is -2.17. The molecule has 0 saturated heterocycles. The number of hydrogen-bond donors (Lipinski definition) is 1. The Balaban J connectivity index is 2.10. The Kier molecular flexibility index (Phi) is 4.30. The van der Waals surface area contributed by atoms with Gasteiger partial charge in [0.25, 0.3) is 0 Å². The Hall–Kier alpha value is -2.39. The lowest BCUT2D eigenvalue weighted by molar-refractivity contribution is 0.0702. The molecule has 0 saturated carbocycles. The molecule has 1 heterocycles. The number of rotatable bonds is 4. The Morgan fingerprint density at radius 3 is 1.70 bits per heavy atom. The van der Waals surface area contributed by atoms with Crippen LogP contribution in [0.3, 0.4) is 0 Å². The summed E-state index contributed by atoms with van der Waals surface area (Å²) in [5.41, 5.74) is 4.79. The molecule has 3 rings (SSSR count). The van der Waals surface area contributed by atoms with Gasteiger partial charge in [0.2, 0.25) is 0 Å². The smallest absolute Gasteiger partial charge is 0.345 e. The highest BCUT2D eigenvalue weighted by atomic mass is 32.1. The fourth-order valence-corrected chi connectivity index (χ4v) is 3.67. The topological polar surface area (TPSA) is 37.3 Å². The van der Waals surface area contributed by atoms with Crippen molar-refractivity contribution in [1.82, 2.24) is 0 Å². The van der Waals surface area contributed by atoms with Crippen molar-refractivity contribution >= 4 is 17.3 Å². The van der Waals surface area contributed by atoms with Crippen LogP contribution in [0.1, 0.15) is 42.7 Å². The quantitative estimate of drug-likeness (QED) is 0.713. The van der Waals surface area contributed by atoms with Crippen LogP contribution in [0.25, 0.3) is 0 Å². The predicted octanol–water partition coefficient (Wildman–Crippen LogP) is 5.24. The molecule has 0 amide bonds. The second kappa shape index (κ2) is 6.39. The maximum Gasteiger partial charge on any atom is 0.345 e. The number of aryl methyl sites for hydroxylation is 2. The molecular formula is C20H18O2S.